The SMILES string of the molecule is NC1(c2ccccc2)c2ccccc2-c2cccc(-c3cccc4ccccc34)c21. The molecule has 0 spiro atoms. The molecule has 0 saturated heterocycles. The molecule has 2 N–H and O–H groups in total. The predicted molar refractivity (Wildman–Crippen MR) is 125 cm³/mol. The summed E-state index contributed by atoms with van der Waals surface area (Å²) in [5.41, 5.74) is 15.0. The van der Waals surface area contributed by atoms with Crippen LogP contribution in [0.15, 0.2) is 115 Å². The second-order valence-electron chi connectivity index (χ2n) is 7.97. The fourth-order valence-electron chi connectivity index (χ4n) is 5.08. The van der Waals surface area contributed by atoms with Crippen LogP contribution < -0.4 is 5.73 Å². The molecule has 1 unspecified atom stereocenters. The standard InChI is InChI=1S/C29H21N/c30-29(21-12-2-1-3-13-21)27-19-7-6-15-24(27)26-18-9-17-25(28(26)29)23-16-8-11-20-10-4-5-14-22(20)23/h1-19H,30H2. The molecule has 1 atom stereocenters. The normalized spacial score (nSPS) is 17.0. The maximum absolute atomic E-state index is 7.39. The lowest BCUT2D eigenvalue weighted by Crippen LogP contribution is -2.37. The van der Waals surface area contributed by atoms with Crippen LogP contribution in [-0.2, 0) is 5.54 Å². The highest BCUT2D eigenvalue weighted by Gasteiger charge is 2.43. The summed E-state index contributed by atoms with van der Waals surface area (Å²) < 4.78 is 0. The average Bonchev–Trinajstić information content (AvgIpc) is 3.09. The lowest BCUT2D eigenvalue weighted by atomic mass is 9.78. The van der Waals surface area contributed by atoms with Crippen LogP contribution in [0.3, 0.4) is 0 Å². The summed E-state index contributed by atoms with van der Waals surface area (Å²) in [6.45, 7) is 0. The van der Waals surface area contributed by atoms with Crippen molar-refractivity contribution < 1.29 is 0 Å². The van der Waals surface area contributed by atoms with Crippen molar-refractivity contribution in [3.05, 3.63) is 132 Å². The van der Waals surface area contributed by atoms with Gasteiger partial charge in [0.05, 0.1) is 5.54 Å². The first-order chi connectivity index (χ1) is 14.8. The first-order valence-corrected chi connectivity index (χ1v) is 10.3. The molecule has 30 heavy (non-hydrogen) atoms. The quantitative estimate of drug-likeness (QED) is 0.359. The zero-order valence-corrected chi connectivity index (χ0v) is 16.5. The Balaban J connectivity index is 1.74. The smallest absolute Gasteiger partial charge is 0.0941 e. The largest absolute Gasteiger partial charge is 0.314 e. The Hall–Kier alpha value is -3.68. The van der Waals surface area contributed by atoms with Crippen molar-refractivity contribution >= 4 is 10.8 Å². The van der Waals surface area contributed by atoms with Crippen LogP contribution in [0.4, 0.5) is 0 Å². The predicted octanol–water partition coefficient (Wildman–Crippen LogP) is 6.74. The molecule has 0 bridgehead atoms. The van der Waals surface area contributed by atoms with Crippen molar-refractivity contribution in [2.45, 2.75) is 5.54 Å². The van der Waals surface area contributed by atoms with E-state index in [4.69, 9.17) is 5.73 Å². The van der Waals surface area contributed by atoms with Crippen LogP contribution in [-0.4, -0.2) is 0 Å². The van der Waals surface area contributed by atoms with Gasteiger partial charge in [-0.3, -0.25) is 0 Å². The number of rotatable bonds is 2. The van der Waals surface area contributed by atoms with E-state index >= 15 is 0 Å². The number of hydrogen-bond donors (Lipinski definition) is 1. The fraction of sp³-hybridized carbons (Fsp3) is 0.0345. The van der Waals surface area contributed by atoms with E-state index in [0.29, 0.717) is 0 Å². The van der Waals surface area contributed by atoms with Gasteiger partial charge in [-0.25, -0.2) is 0 Å². The van der Waals surface area contributed by atoms with Crippen molar-refractivity contribution in [1.82, 2.24) is 0 Å². The van der Waals surface area contributed by atoms with Crippen LogP contribution in [0.2, 0.25) is 0 Å². The van der Waals surface area contributed by atoms with Gasteiger partial charge in [-0.05, 0) is 49.7 Å². The van der Waals surface area contributed by atoms with E-state index in [1.807, 2.05) is 6.07 Å². The maximum atomic E-state index is 7.39. The summed E-state index contributed by atoms with van der Waals surface area (Å²) in [4.78, 5) is 0. The van der Waals surface area contributed by atoms with Crippen molar-refractivity contribution in [1.29, 1.82) is 0 Å². The highest BCUT2D eigenvalue weighted by molar-refractivity contribution is 6.00. The van der Waals surface area contributed by atoms with Gasteiger partial charge in [-0.2, -0.15) is 0 Å². The molecule has 0 radical (unpaired) electrons. The van der Waals surface area contributed by atoms with Crippen molar-refractivity contribution in [2.75, 3.05) is 0 Å². The zero-order valence-electron chi connectivity index (χ0n) is 16.5. The van der Waals surface area contributed by atoms with Gasteiger partial charge in [0.15, 0.2) is 0 Å². The van der Waals surface area contributed by atoms with E-state index < -0.39 is 5.54 Å². The van der Waals surface area contributed by atoms with Gasteiger partial charge in [0.2, 0.25) is 0 Å². The maximum Gasteiger partial charge on any atom is 0.0941 e. The van der Waals surface area contributed by atoms with E-state index in [2.05, 4.69) is 109 Å². The molecule has 0 heterocycles. The highest BCUT2D eigenvalue weighted by Crippen LogP contribution is 2.53. The van der Waals surface area contributed by atoms with Crippen molar-refractivity contribution in [3.8, 4) is 22.3 Å². The van der Waals surface area contributed by atoms with E-state index in [9.17, 15) is 0 Å². The summed E-state index contributed by atoms with van der Waals surface area (Å²) in [5.74, 6) is 0. The molecule has 1 aliphatic carbocycles. The molecule has 0 amide bonds. The summed E-state index contributed by atoms with van der Waals surface area (Å²) in [5, 5.41) is 2.49. The molecule has 1 aliphatic rings. The van der Waals surface area contributed by atoms with Gasteiger partial charge in [-0.15, -0.1) is 0 Å². The van der Waals surface area contributed by atoms with Gasteiger partial charge in [0.1, 0.15) is 0 Å². The molecule has 142 valence electrons. The Morgan fingerprint density at radius 2 is 1.03 bits per heavy atom. The molecule has 0 aliphatic heterocycles. The third-order valence-electron chi connectivity index (χ3n) is 6.41. The Bertz CT molecular complexity index is 1400. The summed E-state index contributed by atoms with van der Waals surface area (Å²) in [7, 11) is 0. The van der Waals surface area contributed by atoms with Gasteiger partial charge in [0.25, 0.3) is 0 Å². The Morgan fingerprint density at radius 1 is 0.467 bits per heavy atom. The molecule has 1 heteroatoms. The molecule has 5 aromatic rings. The Morgan fingerprint density at radius 3 is 1.90 bits per heavy atom. The molecule has 0 saturated carbocycles. The first kappa shape index (κ1) is 17.2. The highest BCUT2D eigenvalue weighted by atomic mass is 14.8. The monoisotopic (exact) mass is 383 g/mol. The molecule has 6 rings (SSSR count). The van der Waals surface area contributed by atoms with Crippen LogP contribution in [0, 0.1) is 0 Å². The van der Waals surface area contributed by atoms with Gasteiger partial charge >= 0.3 is 0 Å². The molecular weight excluding hydrogens is 362 g/mol. The Kier molecular flexibility index (Phi) is 3.68. The second kappa shape index (κ2) is 6.41. The minimum atomic E-state index is -0.694. The minimum absolute atomic E-state index is 0.694. The van der Waals surface area contributed by atoms with E-state index in [1.165, 1.54) is 44.2 Å². The van der Waals surface area contributed by atoms with Crippen LogP contribution in [0.5, 0.6) is 0 Å². The lowest BCUT2D eigenvalue weighted by molar-refractivity contribution is 0.674. The number of hydrogen-bond acceptors (Lipinski definition) is 1. The van der Waals surface area contributed by atoms with E-state index in [1.54, 1.807) is 0 Å². The van der Waals surface area contributed by atoms with Gasteiger partial charge in [-0.1, -0.05) is 115 Å². The topological polar surface area (TPSA) is 26.0 Å². The van der Waals surface area contributed by atoms with Crippen LogP contribution >= 0.6 is 0 Å². The number of benzene rings is 5. The number of fused-ring (bicyclic) bond motifs is 4. The Labute approximate surface area is 176 Å². The van der Waals surface area contributed by atoms with Crippen molar-refractivity contribution in [2.24, 2.45) is 5.73 Å². The lowest BCUT2D eigenvalue weighted by Gasteiger charge is -2.30. The molecular formula is C29H21N. The molecule has 5 aromatic carbocycles. The van der Waals surface area contributed by atoms with Crippen LogP contribution in [0.25, 0.3) is 33.0 Å². The van der Waals surface area contributed by atoms with Crippen LogP contribution in [0.1, 0.15) is 16.7 Å². The molecule has 1 nitrogen and oxygen atoms in total. The first-order valence-electron chi connectivity index (χ1n) is 10.3. The van der Waals surface area contributed by atoms with Gasteiger partial charge < -0.3 is 5.73 Å². The van der Waals surface area contributed by atoms with E-state index in [-0.39, 0.29) is 0 Å². The molecule has 0 aromatic heterocycles. The van der Waals surface area contributed by atoms with Crippen molar-refractivity contribution in [3.63, 3.8) is 0 Å². The second-order valence-corrected chi connectivity index (χ2v) is 7.97. The minimum Gasteiger partial charge on any atom is -0.314 e. The fourth-order valence-corrected chi connectivity index (χ4v) is 5.08. The third kappa shape index (κ3) is 2.27. The average molecular weight is 383 g/mol. The molecule has 0 fully saturated rings. The summed E-state index contributed by atoms with van der Waals surface area (Å²) >= 11 is 0. The zero-order chi connectivity index (χ0) is 20.1. The summed E-state index contributed by atoms with van der Waals surface area (Å²) in [6.07, 6.45) is 0. The van der Waals surface area contributed by atoms with Gasteiger partial charge in [0, 0.05) is 0 Å². The van der Waals surface area contributed by atoms with E-state index in [0.717, 1.165) is 5.56 Å². The third-order valence-corrected chi connectivity index (χ3v) is 6.41. The number of nitrogens with two attached hydrogens (primary N) is 1. The summed E-state index contributed by atoms with van der Waals surface area (Å²) in [6, 6.07) is 40.7.